The number of hydrogen-bond acceptors (Lipinski definition) is 31. The Bertz CT molecular complexity index is 3370. The Hall–Kier alpha value is 5.80. The fourth-order valence-electron chi connectivity index (χ4n) is 6.07. The van der Waals surface area contributed by atoms with Gasteiger partial charge in [-0.05, 0) is 120 Å². The van der Waals surface area contributed by atoms with E-state index >= 15 is 0 Å². The van der Waals surface area contributed by atoms with E-state index in [9.17, 15) is 88.4 Å². The van der Waals surface area contributed by atoms with Gasteiger partial charge in [-0.2, -0.15) is 0 Å². The van der Waals surface area contributed by atoms with Gasteiger partial charge in [-0.15, -0.1) is 0 Å². The molecule has 0 saturated carbocycles. The first-order valence-corrected chi connectivity index (χ1v) is 54.6. The summed E-state index contributed by atoms with van der Waals surface area (Å²) in [5.74, 6) is 0. The zero-order valence-electron chi connectivity index (χ0n) is 67.6. The van der Waals surface area contributed by atoms with Crippen LogP contribution >= 0.6 is 122 Å². The molecule has 0 aliphatic heterocycles. The van der Waals surface area contributed by atoms with Gasteiger partial charge in [0.2, 0.25) is 25.1 Å². The topological polar surface area (TPSA) is 1230 Å². The maximum absolute atomic E-state index is 11.0. The van der Waals surface area contributed by atoms with Gasteiger partial charge in [-0.25, -0.2) is 0 Å². The summed E-state index contributed by atoms with van der Waals surface area (Å²) >= 11 is 0. The molecule has 0 radical (unpaired) electrons. The summed E-state index contributed by atoms with van der Waals surface area (Å²) in [5.41, 5.74) is 45.1. The van der Waals surface area contributed by atoms with Crippen molar-refractivity contribution >= 4 is 122 Å². The largest absolute Gasteiger partial charge is 1.00 e. The molecule has 0 atom stereocenters. The van der Waals surface area contributed by atoms with Crippen molar-refractivity contribution in [2.75, 3.05) is 88.1 Å². The van der Waals surface area contributed by atoms with Crippen LogP contribution in [0, 0.1) is 0 Å². The molecule has 0 fully saturated rings. The van der Waals surface area contributed by atoms with Crippen LogP contribution in [0.5, 0.6) is 0 Å². The summed E-state index contributed by atoms with van der Waals surface area (Å²) in [6.07, 6.45) is -4.34. The molecule has 0 heterocycles. The van der Waals surface area contributed by atoms with Crippen LogP contribution in [0.25, 0.3) is 0 Å². The first-order chi connectivity index (χ1) is 48.0. The van der Waals surface area contributed by atoms with Crippen molar-refractivity contribution in [2.24, 2.45) is 51.6 Å². The van der Waals surface area contributed by atoms with Gasteiger partial charge in [-0.1, -0.05) is 0 Å². The van der Waals surface area contributed by atoms with E-state index in [2.05, 4.69) is 0 Å². The van der Waals surface area contributed by atoms with E-state index in [0.717, 1.165) is 0 Å². The minimum Gasteiger partial charge on any atom is -1.00 e. The van der Waals surface area contributed by atoms with Crippen LogP contribution in [-0.4, -0.2) is 315 Å². The van der Waals surface area contributed by atoms with Crippen molar-refractivity contribution in [3.05, 3.63) is 0 Å². The molecule has 53 N–H and O–H groups in total. The molecule has 116 heavy (non-hydrogen) atoms. The average molecular weight is 2090 g/mol. The number of aliphatic hydroxyl groups is 3. The average Bonchev–Trinajstić information content (AvgIpc) is 0.516. The zero-order chi connectivity index (χ0) is 93.5. The van der Waals surface area contributed by atoms with Crippen LogP contribution in [0.2, 0.25) is 0 Å². The van der Waals surface area contributed by atoms with Gasteiger partial charge in [-0.3, -0.25) is 73.0 Å². The maximum Gasteiger partial charge on any atom is 1.00 e. The normalized spacial score (nSPS) is 14.1. The van der Waals surface area contributed by atoms with E-state index in [4.69, 9.17) is 208 Å². The first-order valence-electron chi connectivity index (χ1n) is 28.8. The second-order valence-electron chi connectivity index (χ2n) is 23.9. The van der Waals surface area contributed by atoms with Crippen molar-refractivity contribution in [1.29, 1.82) is 0 Å². The Morgan fingerprint density at radius 3 is 0.526 bits per heavy atom. The number of hydrogen-bond donors (Lipinski definition) is 44. The molecule has 0 aliphatic rings. The second-order valence-corrected chi connectivity index (χ2v) is 56.8. The van der Waals surface area contributed by atoms with Gasteiger partial charge in [0.05, 0.1) is 0 Å². The zero-order valence-corrected chi connectivity index (χ0v) is 85.9. The molecule has 63 nitrogen and oxygen atoms in total. The van der Waals surface area contributed by atoms with Crippen LogP contribution in [0.1, 0.15) is 86.1 Å². The van der Waals surface area contributed by atoms with Crippen LogP contribution in [0.4, 0.5) is 0 Å². The quantitative estimate of drug-likeness (QED) is 0.0203. The Morgan fingerprint density at radius 2 is 0.388 bits per heavy atom. The molecule has 0 bridgehead atoms. The molecule has 0 unspecified atom stereocenters. The Morgan fingerprint density at radius 1 is 0.233 bits per heavy atom. The fraction of sp³-hybridized carbons (Fsp3) is 1.00. The van der Waals surface area contributed by atoms with Crippen LogP contribution < -0.4 is 170 Å². The molecule has 0 aromatic rings. The number of nitrogens with zero attached hydrogens (tertiary/aromatic N) is 3. The summed E-state index contributed by atoms with van der Waals surface area (Å²) in [4.78, 5) is 283. The third-order valence-electron chi connectivity index (χ3n) is 13.7. The van der Waals surface area contributed by atoms with Gasteiger partial charge < -0.3 is 244 Å². The molecule has 0 rings (SSSR count). The Balaban J connectivity index is -0.0000000627. The van der Waals surface area contributed by atoms with E-state index in [1.54, 1.807) is 47.2 Å². The summed E-state index contributed by atoms with van der Waals surface area (Å²) in [6, 6.07) is 0. The summed E-state index contributed by atoms with van der Waals surface area (Å²) in [5, 5.41) is 3.84. The first kappa shape index (κ1) is 147. The van der Waals surface area contributed by atoms with Crippen LogP contribution in [-0.2, 0) is 73.0 Å². The molecular formula is C33H118N12Na4O51P16. The van der Waals surface area contributed by atoms with E-state index in [1.807, 2.05) is 0 Å². The molecule has 0 aliphatic carbocycles. The van der Waals surface area contributed by atoms with Gasteiger partial charge >= 0.3 is 240 Å². The molecule has 0 saturated heterocycles. The minimum atomic E-state index is -5.30. The second kappa shape index (κ2) is 55.5. The summed E-state index contributed by atoms with van der Waals surface area (Å²) in [7, 11) is -72.7. The molecular weight excluding hydrogens is 1970 g/mol. The van der Waals surface area contributed by atoms with Gasteiger partial charge in [0.15, 0.2) is 0 Å². The number of nitrogens with two attached hydrogens (primary N) is 9. The molecule has 700 valence electrons. The third-order valence-corrected chi connectivity index (χ3v) is 45.3. The number of rotatable bonds is 37. The standard InChI is InChI=1S/C6H18N2O6P2.C5H16N2O6P2.C5H15NO7P2.C4H14N2O6P2.2C4H13NO7P2.C3H12N2O6P2.C2H9NO6P2.4Na.2H2.4H/c1-8(2)5-3-4-6(7,15(9,10)11)16(12,13)14;1-7(2)4-3-5(6,14(8,9)10)15(11,12)13;1-6(2)4-3-5(7,14(8,9)10)15(11,12)13;3*5-3-1-2-4(6,13(7,8)9)14(10,11)12;4-2-1-3(5,12(6,7)8)13(9,10)11;1-2(3,10(4,5)6)11(7,8)9;;;;;;;;;;/h3-5,7H2,1-2H3,(H2,9,10,11)(H2,12,13,14);3-4,6H2,1-2H3,(H2,8,9,10)(H2,11,12,13);7H,3-4H2,1-2H3,(H2,8,9,10)(H2,11,12,13);1-3,5-6H2,(H2,7,8,9)(H2,10,11,12);2*6H,1-3,5H2,(H2,7,8,9)(H2,10,11,12);1-2,4-5H2,(H2,6,7,8)(H2,9,10,11);3H2,1H3,(H2,4,5,6)(H2,7,8,9);;;;;2*1H;;;;/q;;;;;;;;4*+1;;;4*-1. The fourth-order valence-corrected chi connectivity index (χ4v) is 22.9. The van der Waals surface area contributed by atoms with Gasteiger partial charge in [0, 0.05) is 48.0 Å². The molecule has 0 aromatic heterocycles. The van der Waals surface area contributed by atoms with E-state index in [-0.39, 0.29) is 192 Å². The molecule has 83 heteroatoms. The summed E-state index contributed by atoms with van der Waals surface area (Å²) in [6.45, 7) is 0.670. The minimum absolute atomic E-state index is 0. The van der Waals surface area contributed by atoms with Crippen molar-refractivity contribution < 1.29 is 372 Å². The maximum atomic E-state index is 11.0. The van der Waals surface area contributed by atoms with Crippen LogP contribution in [0.15, 0.2) is 0 Å². The van der Waals surface area contributed by atoms with E-state index in [1.165, 1.54) is 9.80 Å². The van der Waals surface area contributed by atoms with Crippen LogP contribution in [0.3, 0.4) is 0 Å². The monoisotopic (exact) mass is 2090 g/mol. The van der Waals surface area contributed by atoms with Gasteiger partial charge in [0.1, 0.15) is 0 Å². The van der Waals surface area contributed by atoms with Crippen molar-refractivity contribution in [1.82, 2.24) is 14.7 Å². The molecule has 0 amide bonds. The smallest absolute Gasteiger partial charge is 1.00 e. The van der Waals surface area contributed by atoms with Crippen molar-refractivity contribution in [3.8, 4) is 0 Å². The third kappa shape index (κ3) is 47.9. The van der Waals surface area contributed by atoms with E-state index in [0.29, 0.717) is 13.5 Å². The van der Waals surface area contributed by atoms with Crippen molar-refractivity contribution in [3.63, 3.8) is 0 Å². The SMILES string of the molecule is CC(N)(P(=O)(O)O)P(=O)(O)O.CN(C)CCC(N)(P(=O)(O)O)P(=O)(O)O.CN(C)CCC(O)(P(=O)(O)O)P(=O)(O)O.CN(C)CCCC(N)(P(=O)(O)O)P(=O)(O)O.NCCC(N)(P(=O)(O)O)P(=O)(O)O.NCCCC(N)(P(=O)(O)O)P(=O)(O)O.NCCCC(O)(P(=O)(O)O)P(=O)(O)O.NCCCC(O)(P(=O)(O)O)P(=O)(O)O.[H-].[H-].[H-].[H-].[HH].[HH].[Na+].[Na+].[Na+].[Na+]. The summed E-state index contributed by atoms with van der Waals surface area (Å²) < 4.78 is 172. The van der Waals surface area contributed by atoms with Crippen molar-refractivity contribution in [2.45, 2.75) is 118 Å². The Labute approximate surface area is 759 Å². The predicted molar refractivity (Wildman–Crippen MR) is 399 cm³/mol. The Kier molecular flexibility index (Phi) is 70.5. The van der Waals surface area contributed by atoms with E-state index < -0.39 is 207 Å². The molecule has 0 aromatic carbocycles. The predicted octanol–water partition coefficient (Wildman–Crippen LogP) is -20.5. The van der Waals surface area contributed by atoms with Gasteiger partial charge in [0.25, 0.3) is 15.2 Å². The molecule has 0 spiro atoms.